The topological polar surface area (TPSA) is 62.6 Å². The highest BCUT2D eigenvalue weighted by Gasteiger charge is 2.40. The standard InChI is InChI=1S/C15H22N2O3/c1-4-12-14(18)16-13(10(2)3)15(19)17(12)8-7-11-6-5-9-20-11/h5-6,9-10,12-13H,4,7-8H2,1-3H3,(H,16,18). The predicted octanol–water partition coefficient (Wildman–Crippen LogP) is 1.58. The number of rotatable bonds is 5. The molecule has 110 valence electrons. The van der Waals surface area contributed by atoms with Gasteiger partial charge in [0.15, 0.2) is 0 Å². The van der Waals surface area contributed by atoms with Crippen LogP contribution < -0.4 is 5.32 Å². The normalized spacial score (nSPS) is 23.3. The average Bonchev–Trinajstić information content (AvgIpc) is 2.91. The average molecular weight is 278 g/mol. The Hall–Kier alpha value is -1.78. The van der Waals surface area contributed by atoms with Crippen molar-refractivity contribution in [1.29, 1.82) is 0 Å². The van der Waals surface area contributed by atoms with Crippen LogP contribution in [-0.4, -0.2) is 35.3 Å². The molecule has 5 heteroatoms. The van der Waals surface area contributed by atoms with Crippen molar-refractivity contribution in [2.45, 2.75) is 45.7 Å². The molecule has 1 aromatic rings. The van der Waals surface area contributed by atoms with Gasteiger partial charge in [0.25, 0.3) is 0 Å². The molecular weight excluding hydrogens is 256 g/mol. The minimum atomic E-state index is -0.415. The molecule has 2 atom stereocenters. The minimum Gasteiger partial charge on any atom is -0.469 e. The highest BCUT2D eigenvalue weighted by atomic mass is 16.3. The van der Waals surface area contributed by atoms with Gasteiger partial charge in [0, 0.05) is 13.0 Å². The molecule has 5 nitrogen and oxygen atoms in total. The van der Waals surface area contributed by atoms with Crippen LogP contribution in [0.5, 0.6) is 0 Å². The van der Waals surface area contributed by atoms with E-state index in [9.17, 15) is 9.59 Å². The predicted molar refractivity (Wildman–Crippen MR) is 75.0 cm³/mol. The Kier molecular flexibility index (Phi) is 4.47. The zero-order valence-corrected chi connectivity index (χ0v) is 12.3. The van der Waals surface area contributed by atoms with Crippen molar-refractivity contribution in [3.05, 3.63) is 24.2 Å². The van der Waals surface area contributed by atoms with Crippen molar-refractivity contribution in [2.75, 3.05) is 6.54 Å². The molecule has 1 aromatic heterocycles. The largest absolute Gasteiger partial charge is 0.469 e. The van der Waals surface area contributed by atoms with Gasteiger partial charge in [0.2, 0.25) is 11.8 Å². The summed E-state index contributed by atoms with van der Waals surface area (Å²) in [5.74, 6) is 0.887. The summed E-state index contributed by atoms with van der Waals surface area (Å²) in [6.07, 6.45) is 2.88. The Balaban J connectivity index is 2.11. The quantitative estimate of drug-likeness (QED) is 0.889. The van der Waals surface area contributed by atoms with Crippen molar-refractivity contribution in [2.24, 2.45) is 5.92 Å². The highest BCUT2D eigenvalue weighted by Crippen LogP contribution is 2.18. The Morgan fingerprint density at radius 3 is 2.70 bits per heavy atom. The molecule has 2 amide bonds. The number of nitrogens with one attached hydrogen (secondary N) is 1. The van der Waals surface area contributed by atoms with Crippen LogP contribution in [-0.2, 0) is 16.0 Å². The maximum Gasteiger partial charge on any atom is 0.246 e. The van der Waals surface area contributed by atoms with Gasteiger partial charge >= 0.3 is 0 Å². The molecule has 0 aromatic carbocycles. The van der Waals surface area contributed by atoms with Crippen molar-refractivity contribution in [1.82, 2.24) is 10.2 Å². The molecule has 1 fully saturated rings. The van der Waals surface area contributed by atoms with Gasteiger partial charge in [-0.05, 0) is 24.5 Å². The van der Waals surface area contributed by atoms with E-state index in [-0.39, 0.29) is 23.8 Å². The second-order valence-electron chi connectivity index (χ2n) is 5.52. The van der Waals surface area contributed by atoms with E-state index in [1.807, 2.05) is 32.9 Å². The summed E-state index contributed by atoms with van der Waals surface area (Å²) in [7, 11) is 0. The van der Waals surface area contributed by atoms with E-state index >= 15 is 0 Å². The van der Waals surface area contributed by atoms with Crippen LogP contribution in [0.25, 0.3) is 0 Å². The van der Waals surface area contributed by atoms with Gasteiger partial charge in [-0.2, -0.15) is 0 Å². The molecule has 2 unspecified atom stereocenters. The summed E-state index contributed by atoms with van der Waals surface area (Å²) in [6.45, 7) is 6.33. The van der Waals surface area contributed by atoms with Crippen molar-refractivity contribution in [3.8, 4) is 0 Å². The molecule has 0 aliphatic carbocycles. The maximum absolute atomic E-state index is 12.5. The van der Waals surface area contributed by atoms with Crippen LogP contribution in [0, 0.1) is 5.92 Å². The second kappa shape index (κ2) is 6.11. The lowest BCUT2D eigenvalue weighted by Crippen LogP contribution is -2.64. The third kappa shape index (κ3) is 2.86. The summed E-state index contributed by atoms with van der Waals surface area (Å²) in [5, 5.41) is 2.84. The van der Waals surface area contributed by atoms with Crippen LogP contribution >= 0.6 is 0 Å². The number of carbonyl (C=O) groups is 2. The number of carbonyl (C=O) groups excluding carboxylic acids is 2. The van der Waals surface area contributed by atoms with E-state index in [0.29, 0.717) is 19.4 Å². The van der Waals surface area contributed by atoms with Gasteiger partial charge in [-0.1, -0.05) is 20.8 Å². The summed E-state index contributed by atoms with van der Waals surface area (Å²) >= 11 is 0. The van der Waals surface area contributed by atoms with Crippen LogP contribution in [0.3, 0.4) is 0 Å². The van der Waals surface area contributed by atoms with Gasteiger partial charge in [0.05, 0.1) is 6.26 Å². The minimum absolute atomic E-state index is 0.0120. The monoisotopic (exact) mass is 278 g/mol. The van der Waals surface area contributed by atoms with Crippen molar-refractivity contribution >= 4 is 11.8 Å². The lowest BCUT2D eigenvalue weighted by Gasteiger charge is -2.40. The summed E-state index contributed by atoms with van der Waals surface area (Å²) in [6, 6.07) is 2.93. The summed E-state index contributed by atoms with van der Waals surface area (Å²) < 4.78 is 5.29. The maximum atomic E-state index is 12.5. The first-order chi connectivity index (χ1) is 9.54. The summed E-state index contributed by atoms with van der Waals surface area (Å²) in [5.41, 5.74) is 0. The van der Waals surface area contributed by atoms with E-state index in [4.69, 9.17) is 4.42 Å². The molecule has 20 heavy (non-hydrogen) atoms. The first-order valence-corrected chi connectivity index (χ1v) is 7.17. The highest BCUT2D eigenvalue weighted by molar-refractivity contribution is 5.97. The fourth-order valence-electron chi connectivity index (χ4n) is 2.59. The Morgan fingerprint density at radius 2 is 2.15 bits per heavy atom. The van der Waals surface area contributed by atoms with Crippen LogP contribution in [0.4, 0.5) is 0 Å². The lowest BCUT2D eigenvalue weighted by atomic mass is 9.96. The van der Waals surface area contributed by atoms with Gasteiger partial charge in [-0.15, -0.1) is 0 Å². The van der Waals surface area contributed by atoms with E-state index in [2.05, 4.69) is 5.32 Å². The lowest BCUT2D eigenvalue weighted by molar-refractivity contribution is -0.150. The zero-order chi connectivity index (χ0) is 14.7. The third-order valence-corrected chi connectivity index (χ3v) is 3.76. The number of nitrogens with zero attached hydrogens (tertiary/aromatic N) is 1. The first kappa shape index (κ1) is 14.6. The van der Waals surface area contributed by atoms with Gasteiger partial charge in [-0.3, -0.25) is 9.59 Å². The molecule has 0 saturated carbocycles. The second-order valence-corrected chi connectivity index (χ2v) is 5.52. The zero-order valence-electron chi connectivity index (χ0n) is 12.3. The number of hydrogen-bond acceptors (Lipinski definition) is 3. The number of piperazine rings is 1. The fraction of sp³-hybridized carbons (Fsp3) is 0.600. The van der Waals surface area contributed by atoms with Crippen LogP contribution in [0.15, 0.2) is 22.8 Å². The smallest absolute Gasteiger partial charge is 0.246 e. The van der Waals surface area contributed by atoms with Crippen LogP contribution in [0.1, 0.15) is 33.0 Å². The summed E-state index contributed by atoms with van der Waals surface area (Å²) in [4.78, 5) is 26.4. The molecular formula is C15H22N2O3. The van der Waals surface area contributed by atoms with Crippen molar-refractivity contribution in [3.63, 3.8) is 0 Å². The first-order valence-electron chi connectivity index (χ1n) is 7.17. The Morgan fingerprint density at radius 1 is 1.40 bits per heavy atom. The molecule has 2 heterocycles. The fourth-order valence-corrected chi connectivity index (χ4v) is 2.59. The van der Waals surface area contributed by atoms with Crippen LogP contribution in [0.2, 0.25) is 0 Å². The molecule has 0 radical (unpaired) electrons. The molecule has 1 saturated heterocycles. The molecule has 0 bridgehead atoms. The molecule has 1 aliphatic heterocycles. The van der Waals surface area contributed by atoms with E-state index in [0.717, 1.165) is 5.76 Å². The van der Waals surface area contributed by atoms with E-state index in [1.54, 1.807) is 11.2 Å². The SMILES string of the molecule is CCC1C(=O)NC(C(C)C)C(=O)N1CCc1ccco1. The number of furan rings is 1. The van der Waals surface area contributed by atoms with E-state index in [1.165, 1.54) is 0 Å². The van der Waals surface area contributed by atoms with Gasteiger partial charge < -0.3 is 14.6 Å². The van der Waals surface area contributed by atoms with Gasteiger partial charge in [-0.25, -0.2) is 0 Å². The Labute approximate surface area is 119 Å². The number of amides is 2. The molecule has 0 spiro atoms. The third-order valence-electron chi connectivity index (χ3n) is 3.76. The van der Waals surface area contributed by atoms with Gasteiger partial charge in [0.1, 0.15) is 17.8 Å². The van der Waals surface area contributed by atoms with Crippen molar-refractivity contribution < 1.29 is 14.0 Å². The Bertz CT molecular complexity index is 467. The molecule has 1 N–H and O–H groups in total. The number of hydrogen-bond donors (Lipinski definition) is 1. The molecule has 1 aliphatic rings. The molecule has 2 rings (SSSR count). The van der Waals surface area contributed by atoms with E-state index < -0.39 is 6.04 Å².